The Bertz CT molecular complexity index is 856. The average molecular weight is 396 g/mol. The molecular weight excluding hydrogens is 368 g/mol. The number of aryl methyl sites for hydroxylation is 2. The molecule has 1 heterocycles. The molecular formula is C23H28N2O4. The lowest BCUT2D eigenvalue weighted by Crippen LogP contribution is -2.43. The molecule has 0 aromatic heterocycles. The van der Waals surface area contributed by atoms with E-state index in [0.717, 1.165) is 11.1 Å². The summed E-state index contributed by atoms with van der Waals surface area (Å²) < 4.78 is 10.9. The Labute approximate surface area is 171 Å². The number of carbonyl (C=O) groups excluding carboxylic acids is 2. The van der Waals surface area contributed by atoms with Gasteiger partial charge in [-0.05, 0) is 56.5 Å². The van der Waals surface area contributed by atoms with Crippen molar-refractivity contribution in [3.05, 3.63) is 53.6 Å². The summed E-state index contributed by atoms with van der Waals surface area (Å²) >= 11 is 0. The lowest BCUT2D eigenvalue weighted by molar-refractivity contribution is -0.136. The molecule has 2 amide bonds. The minimum absolute atomic E-state index is 0.0143. The number of hydrogen-bond donors (Lipinski definition) is 1. The minimum atomic E-state index is -0.123. The summed E-state index contributed by atoms with van der Waals surface area (Å²) in [7, 11) is 1.59. The summed E-state index contributed by atoms with van der Waals surface area (Å²) in [6, 6.07) is 13.3. The Hall–Kier alpha value is -3.02. The molecule has 29 heavy (non-hydrogen) atoms. The van der Waals surface area contributed by atoms with Crippen LogP contribution in [0.1, 0.15) is 24.0 Å². The minimum Gasteiger partial charge on any atom is -0.495 e. The predicted octanol–water partition coefficient (Wildman–Crippen LogP) is 3.57. The third-order valence-electron chi connectivity index (χ3n) is 5.21. The molecule has 2 aromatic rings. The van der Waals surface area contributed by atoms with E-state index in [0.29, 0.717) is 43.1 Å². The summed E-state index contributed by atoms with van der Waals surface area (Å²) in [4.78, 5) is 26.8. The van der Waals surface area contributed by atoms with E-state index in [-0.39, 0.29) is 24.3 Å². The molecule has 1 N–H and O–H groups in total. The second kappa shape index (κ2) is 9.45. The highest BCUT2D eigenvalue weighted by Gasteiger charge is 2.28. The van der Waals surface area contributed by atoms with Crippen LogP contribution in [0.25, 0.3) is 0 Å². The van der Waals surface area contributed by atoms with Crippen molar-refractivity contribution in [1.29, 1.82) is 0 Å². The second-order valence-corrected chi connectivity index (χ2v) is 7.45. The van der Waals surface area contributed by atoms with E-state index in [2.05, 4.69) is 5.32 Å². The average Bonchev–Trinajstić information content (AvgIpc) is 2.73. The van der Waals surface area contributed by atoms with Crippen molar-refractivity contribution in [2.45, 2.75) is 26.7 Å². The van der Waals surface area contributed by atoms with E-state index in [1.165, 1.54) is 0 Å². The molecule has 0 saturated carbocycles. The molecule has 0 unspecified atom stereocenters. The maximum atomic E-state index is 12.7. The fourth-order valence-corrected chi connectivity index (χ4v) is 3.42. The quantitative estimate of drug-likeness (QED) is 0.811. The molecule has 154 valence electrons. The van der Waals surface area contributed by atoms with Gasteiger partial charge in [0, 0.05) is 19.0 Å². The van der Waals surface area contributed by atoms with E-state index in [4.69, 9.17) is 9.47 Å². The number of amides is 2. The number of benzene rings is 2. The predicted molar refractivity (Wildman–Crippen MR) is 112 cm³/mol. The highest BCUT2D eigenvalue weighted by molar-refractivity contribution is 5.94. The van der Waals surface area contributed by atoms with Crippen LogP contribution >= 0.6 is 0 Å². The molecule has 0 atom stereocenters. The first-order valence-corrected chi connectivity index (χ1v) is 9.89. The van der Waals surface area contributed by atoms with Crippen LogP contribution in [0.15, 0.2) is 42.5 Å². The monoisotopic (exact) mass is 396 g/mol. The van der Waals surface area contributed by atoms with Gasteiger partial charge in [-0.15, -0.1) is 0 Å². The van der Waals surface area contributed by atoms with Crippen molar-refractivity contribution in [3.8, 4) is 11.5 Å². The zero-order valence-electron chi connectivity index (χ0n) is 17.2. The van der Waals surface area contributed by atoms with Gasteiger partial charge in [0.1, 0.15) is 11.5 Å². The van der Waals surface area contributed by atoms with Gasteiger partial charge < -0.3 is 19.7 Å². The Morgan fingerprint density at radius 3 is 2.34 bits per heavy atom. The van der Waals surface area contributed by atoms with E-state index < -0.39 is 0 Å². The third-order valence-corrected chi connectivity index (χ3v) is 5.21. The van der Waals surface area contributed by atoms with E-state index >= 15 is 0 Å². The van der Waals surface area contributed by atoms with Gasteiger partial charge in [-0.3, -0.25) is 9.59 Å². The van der Waals surface area contributed by atoms with Crippen molar-refractivity contribution < 1.29 is 19.1 Å². The highest BCUT2D eigenvalue weighted by Crippen LogP contribution is 2.27. The number of methoxy groups -OCH3 is 1. The smallest absolute Gasteiger partial charge is 0.260 e. The summed E-state index contributed by atoms with van der Waals surface area (Å²) in [6.07, 6.45) is 1.27. The van der Waals surface area contributed by atoms with Crippen molar-refractivity contribution in [1.82, 2.24) is 4.90 Å². The van der Waals surface area contributed by atoms with E-state index in [1.54, 1.807) is 12.0 Å². The fourth-order valence-electron chi connectivity index (χ4n) is 3.42. The van der Waals surface area contributed by atoms with Gasteiger partial charge in [0.15, 0.2) is 6.61 Å². The van der Waals surface area contributed by atoms with Gasteiger partial charge >= 0.3 is 0 Å². The molecule has 6 nitrogen and oxygen atoms in total. The van der Waals surface area contributed by atoms with Gasteiger partial charge in [0.2, 0.25) is 5.91 Å². The first-order chi connectivity index (χ1) is 14.0. The Morgan fingerprint density at radius 1 is 1.03 bits per heavy atom. The lowest BCUT2D eigenvalue weighted by Gasteiger charge is -2.31. The van der Waals surface area contributed by atoms with Crippen LogP contribution in [0.3, 0.4) is 0 Å². The SMILES string of the molecule is COc1ccc(C)cc1NC(=O)C1CCN(C(=O)COc2ccc(C)cc2)CC1. The summed E-state index contributed by atoms with van der Waals surface area (Å²) in [6.45, 7) is 5.10. The molecule has 6 heteroatoms. The van der Waals surface area contributed by atoms with Crippen LogP contribution in [0.5, 0.6) is 11.5 Å². The third kappa shape index (κ3) is 5.50. The fraction of sp³-hybridized carbons (Fsp3) is 0.391. The van der Waals surface area contributed by atoms with Gasteiger partial charge in [0.25, 0.3) is 5.91 Å². The number of piperidine rings is 1. The summed E-state index contributed by atoms with van der Waals surface area (Å²) in [5, 5.41) is 2.98. The zero-order valence-corrected chi connectivity index (χ0v) is 17.2. The van der Waals surface area contributed by atoms with Crippen LogP contribution < -0.4 is 14.8 Å². The van der Waals surface area contributed by atoms with Gasteiger partial charge in [0.05, 0.1) is 12.8 Å². The number of hydrogen-bond acceptors (Lipinski definition) is 4. The topological polar surface area (TPSA) is 67.9 Å². The van der Waals surface area contributed by atoms with Crippen molar-refractivity contribution >= 4 is 17.5 Å². The van der Waals surface area contributed by atoms with Crippen LogP contribution in [-0.2, 0) is 9.59 Å². The molecule has 1 aliphatic rings. The number of carbonyl (C=O) groups is 2. The van der Waals surface area contributed by atoms with Crippen molar-refractivity contribution in [2.24, 2.45) is 5.92 Å². The molecule has 0 spiro atoms. The standard InChI is InChI=1S/C23H28N2O4/c1-16-4-7-19(8-5-16)29-15-22(26)25-12-10-18(11-13-25)23(27)24-20-14-17(2)6-9-21(20)28-3/h4-9,14,18H,10-13,15H2,1-3H3,(H,24,27). The molecule has 1 saturated heterocycles. The Kier molecular flexibility index (Phi) is 6.75. The molecule has 0 aliphatic carbocycles. The molecule has 3 rings (SSSR count). The van der Waals surface area contributed by atoms with Crippen LogP contribution in [0.2, 0.25) is 0 Å². The van der Waals surface area contributed by atoms with Gasteiger partial charge in [-0.1, -0.05) is 23.8 Å². The number of ether oxygens (including phenoxy) is 2. The normalized spacial score (nSPS) is 14.4. The van der Waals surface area contributed by atoms with Crippen molar-refractivity contribution in [3.63, 3.8) is 0 Å². The van der Waals surface area contributed by atoms with Gasteiger partial charge in [-0.25, -0.2) is 0 Å². The number of likely N-dealkylation sites (tertiary alicyclic amines) is 1. The molecule has 1 fully saturated rings. The van der Waals surface area contributed by atoms with E-state index in [1.807, 2.05) is 56.3 Å². The first kappa shape index (κ1) is 20.7. The maximum absolute atomic E-state index is 12.7. The number of nitrogens with zero attached hydrogens (tertiary/aromatic N) is 1. The molecule has 0 bridgehead atoms. The number of rotatable bonds is 6. The van der Waals surface area contributed by atoms with Gasteiger partial charge in [-0.2, -0.15) is 0 Å². The summed E-state index contributed by atoms with van der Waals surface area (Å²) in [5.41, 5.74) is 2.88. The van der Waals surface area contributed by atoms with E-state index in [9.17, 15) is 9.59 Å². The molecule has 2 aromatic carbocycles. The van der Waals surface area contributed by atoms with Crippen LogP contribution in [-0.4, -0.2) is 43.5 Å². The van der Waals surface area contributed by atoms with Crippen LogP contribution in [0.4, 0.5) is 5.69 Å². The Morgan fingerprint density at radius 2 is 1.69 bits per heavy atom. The first-order valence-electron chi connectivity index (χ1n) is 9.89. The largest absolute Gasteiger partial charge is 0.495 e. The van der Waals surface area contributed by atoms with Crippen molar-refractivity contribution in [2.75, 3.05) is 32.1 Å². The zero-order chi connectivity index (χ0) is 20.8. The van der Waals surface area contributed by atoms with Crippen LogP contribution in [0, 0.1) is 19.8 Å². The second-order valence-electron chi connectivity index (χ2n) is 7.45. The maximum Gasteiger partial charge on any atom is 0.260 e. The molecule has 1 aliphatic heterocycles. The lowest BCUT2D eigenvalue weighted by atomic mass is 9.95. The summed E-state index contributed by atoms with van der Waals surface area (Å²) in [5.74, 6) is 1.12. The number of nitrogens with one attached hydrogen (secondary N) is 1. The molecule has 0 radical (unpaired) electrons. The highest BCUT2D eigenvalue weighted by atomic mass is 16.5. The Balaban J connectivity index is 1.48. The number of anilines is 1.